The number of hydrogen-bond acceptors (Lipinski definition) is 4. The lowest BCUT2D eigenvalue weighted by Crippen LogP contribution is -2.36. The first-order valence-electron chi connectivity index (χ1n) is 5.57. The molecule has 0 heterocycles. The summed E-state index contributed by atoms with van der Waals surface area (Å²) in [5, 5.41) is 2.19. The van der Waals surface area contributed by atoms with E-state index in [0.717, 1.165) is 6.07 Å². The zero-order chi connectivity index (χ0) is 16.4. The van der Waals surface area contributed by atoms with Gasteiger partial charge in [0.25, 0.3) is 15.0 Å². The number of carbonyl (C=O) groups excluding carboxylic acids is 1. The van der Waals surface area contributed by atoms with E-state index >= 15 is 0 Å². The Morgan fingerprint density at radius 2 is 1.95 bits per heavy atom. The summed E-state index contributed by atoms with van der Waals surface area (Å²) in [5.41, 5.74) is -0.186. The van der Waals surface area contributed by atoms with Gasteiger partial charge in [-0.05, 0) is 19.1 Å². The van der Waals surface area contributed by atoms with Crippen LogP contribution >= 0.6 is 33.9 Å². The molecule has 2 atom stereocenters. The van der Waals surface area contributed by atoms with Gasteiger partial charge in [-0.1, -0.05) is 23.2 Å². The maximum atomic E-state index is 12.1. The predicted molar refractivity (Wildman–Crippen MR) is 85.4 cm³/mol. The Morgan fingerprint density at radius 3 is 2.43 bits per heavy atom. The Balaban J connectivity index is 3.18. The minimum absolute atomic E-state index is 0.00797. The van der Waals surface area contributed by atoms with Crippen molar-refractivity contribution in [3.8, 4) is 0 Å². The van der Waals surface area contributed by atoms with Gasteiger partial charge >= 0.3 is 0 Å². The number of nitrogens with one attached hydrogen (secondary N) is 1. The standard InChI is InChI=1S/C11H12Cl3NO4S2/c1-6(5-20(2)17)15-11(16)9-7(12)3-4-8(10(9)13)21(14,18)19/h3-4,6H,5H2,1-2H3,(H,15,16). The third kappa shape index (κ3) is 5.10. The molecule has 0 aliphatic rings. The van der Waals surface area contributed by atoms with E-state index in [1.807, 2.05) is 0 Å². The monoisotopic (exact) mass is 391 g/mol. The average molecular weight is 393 g/mol. The molecule has 21 heavy (non-hydrogen) atoms. The SMILES string of the molecule is CC(CS(C)=O)NC(=O)c1c(Cl)ccc(S(=O)(=O)Cl)c1Cl. The van der Waals surface area contributed by atoms with Gasteiger partial charge in [0, 0.05) is 39.5 Å². The minimum Gasteiger partial charge on any atom is -0.349 e. The molecule has 1 rings (SSSR count). The highest BCUT2D eigenvalue weighted by atomic mass is 35.7. The third-order valence-corrected chi connectivity index (χ3v) is 5.56. The van der Waals surface area contributed by atoms with Crippen LogP contribution < -0.4 is 5.32 Å². The van der Waals surface area contributed by atoms with Crippen molar-refractivity contribution in [3.05, 3.63) is 27.7 Å². The lowest BCUT2D eigenvalue weighted by Gasteiger charge is -2.15. The van der Waals surface area contributed by atoms with Gasteiger partial charge in [0.2, 0.25) is 0 Å². The van der Waals surface area contributed by atoms with Crippen LogP contribution in [0.4, 0.5) is 0 Å². The number of hydrogen-bond donors (Lipinski definition) is 1. The van der Waals surface area contributed by atoms with Crippen molar-refractivity contribution in [1.82, 2.24) is 5.32 Å². The Morgan fingerprint density at radius 1 is 1.38 bits per heavy atom. The van der Waals surface area contributed by atoms with E-state index in [-0.39, 0.29) is 21.4 Å². The van der Waals surface area contributed by atoms with Crippen LogP contribution in [0.15, 0.2) is 17.0 Å². The largest absolute Gasteiger partial charge is 0.349 e. The molecule has 0 fully saturated rings. The maximum Gasteiger partial charge on any atom is 0.262 e. The lowest BCUT2D eigenvalue weighted by molar-refractivity contribution is 0.0944. The van der Waals surface area contributed by atoms with Crippen molar-refractivity contribution < 1.29 is 17.4 Å². The van der Waals surface area contributed by atoms with Crippen molar-refractivity contribution in [2.24, 2.45) is 0 Å². The molecule has 5 nitrogen and oxygen atoms in total. The van der Waals surface area contributed by atoms with Gasteiger partial charge in [-0.3, -0.25) is 9.00 Å². The van der Waals surface area contributed by atoms with Crippen molar-refractivity contribution in [2.45, 2.75) is 17.9 Å². The van der Waals surface area contributed by atoms with Gasteiger partial charge < -0.3 is 5.32 Å². The van der Waals surface area contributed by atoms with E-state index in [1.165, 1.54) is 12.3 Å². The molecule has 0 aromatic heterocycles. The Labute approximate surface area is 139 Å². The van der Waals surface area contributed by atoms with Gasteiger partial charge in [0.1, 0.15) is 4.90 Å². The van der Waals surface area contributed by atoms with Gasteiger partial charge in [0.05, 0.1) is 15.6 Å². The summed E-state index contributed by atoms with van der Waals surface area (Å²) in [6.07, 6.45) is 1.50. The molecule has 0 radical (unpaired) electrons. The Kier molecular flexibility index (Phi) is 6.49. The molecule has 1 amide bonds. The minimum atomic E-state index is -4.10. The number of carbonyl (C=O) groups is 1. The first kappa shape index (κ1) is 18.7. The van der Waals surface area contributed by atoms with Gasteiger partial charge in [-0.15, -0.1) is 0 Å². The van der Waals surface area contributed by atoms with E-state index in [2.05, 4.69) is 5.32 Å². The first-order valence-corrected chi connectivity index (χ1v) is 10.4. The highest BCUT2D eigenvalue weighted by molar-refractivity contribution is 8.13. The highest BCUT2D eigenvalue weighted by Crippen LogP contribution is 2.32. The number of amides is 1. The van der Waals surface area contributed by atoms with Gasteiger partial charge in [0.15, 0.2) is 0 Å². The molecule has 0 saturated heterocycles. The molecule has 1 aromatic carbocycles. The number of rotatable bonds is 5. The topological polar surface area (TPSA) is 80.3 Å². The first-order chi connectivity index (χ1) is 9.54. The van der Waals surface area contributed by atoms with Crippen LogP contribution in [-0.2, 0) is 19.9 Å². The third-order valence-electron chi connectivity index (χ3n) is 2.41. The number of benzene rings is 1. The highest BCUT2D eigenvalue weighted by Gasteiger charge is 2.24. The van der Waals surface area contributed by atoms with Crippen molar-refractivity contribution >= 4 is 59.6 Å². The average Bonchev–Trinajstić information content (AvgIpc) is 2.25. The van der Waals surface area contributed by atoms with Crippen molar-refractivity contribution in [3.63, 3.8) is 0 Å². The fourth-order valence-corrected chi connectivity index (χ4v) is 4.30. The molecular weight excluding hydrogens is 381 g/mol. The van der Waals surface area contributed by atoms with Crippen molar-refractivity contribution in [2.75, 3.05) is 12.0 Å². The second-order valence-corrected chi connectivity index (χ2v) is 9.09. The van der Waals surface area contributed by atoms with Crippen LogP contribution in [0.3, 0.4) is 0 Å². The maximum absolute atomic E-state index is 12.1. The molecule has 0 aliphatic carbocycles. The smallest absolute Gasteiger partial charge is 0.262 e. The predicted octanol–water partition coefficient (Wildman–Crippen LogP) is 2.42. The molecule has 118 valence electrons. The van der Waals surface area contributed by atoms with E-state index in [1.54, 1.807) is 6.92 Å². The van der Waals surface area contributed by atoms with Gasteiger partial charge in [-0.2, -0.15) is 0 Å². The summed E-state index contributed by atoms with van der Waals surface area (Å²) >= 11 is 11.8. The molecule has 0 bridgehead atoms. The normalized spacial score (nSPS) is 14.5. The zero-order valence-corrected chi connectivity index (χ0v) is 14.9. The molecule has 0 spiro atoms. The summed E-state index contributed by atoms with van der Waals surface area (Å²) < 4.78 is 33.8. The fraction of sp³-hybridized carbons (Fsp3) is 0.364. The lowest BCUT2D eigenvalue weighted by atomic mass is 10.2. The number of halogens is 3. The van der Waals surface area contributed by atoms with Gasteiger partial charge in [-0.25, -0.2) is 8.42 Å². The second-order valence-electron chi connectivity index (χ2n) is 4.29. The quantitative estimate of drug-likeness (QED) is 0.780. The van der Waals surface area contributed by atoms with Crippen LogP contribution in [0, 0.1) is 0 Å². The summed E-state index contributed by atoms with van der Waals surface area (Å²) in [4.78, 5) is 11.7. The van der Waals surface area contributed by atoms with E-state index in [0.29, 0.717) is 0 Å². The molecule has 2 unspecified atom stereocenters. The summed E-state index contributed by atoms with van der Waals surface area (Å²) in [6, 6.07) is 1.95. The molecule has 1 aromatic rings. The second kappa shape index (κ2) is 7.28. The van der Waals surface area contributed by atoms with Crippen LogP contribution in [0.25, 0.3) is 0 Å². The summed E-state index contributed by atoms with van der Waals surface area (Å²) in [6.45, 7) is 1.66. The molecule has 1 N–H and O–H groups in total. The van der Waals surface area contributed by atoms with Crippen LogP contribution in [-0.4, -0.2) is 36.6 Å². The summed E-state index contributed by atoms with van der Waals surface area (Å²) in [7, 11) is 0.0441. The van der Waals surface area contributed by atoms with E-state index in [9.17, 15) is 17.4 Å². The van der Waals surface area contributed by atoms with E-state index < -0.39 is 36.7 Å². The van der Waals surface area contributed by atoms with Crippen LogP contribution in [0.2, 0.25) is 10.0 Å². The summed E-state index contributed by atoms with van der Waals surface area (Å²) in [5.74, 6) is -0.417. The Bertz CT molecular complexity index is 691. The Hall–Kier alpha value is -0.340. The molecular formula is C11H12Cl3NO4S2. The zero-order valence-electron chi connectivity index (χ0n) is 11.0. The van der Waals surface area contributed by atoms with Crippen molar-refractivity contribution in [1.29, 1.82) is 0 Å². The van der Waals surface area contributed by atoms with Crippen LogP contribution in [0.1, 0.15) is 17.3 Å². The fourth-order valence-electron chi connectivity index (χ4n) is 1.62. The van der Waals surface area contributed by atoms with E-state index in [4.69, 9.17) is 33.9 Å². The molecule has 0 saturated carbocycles. The molecule has 10 heteroatoms. The van der Waals surface area contributed by atoms with Crippen LogP contribution in [0.5, 0.6) is 0 Å². The molecule has 0 aliphatic heterocycles.